The van der Waals surface area contributed by atoms with Crippen LogP contribution in [0.1, 0.15) is 80.7 Å². The Hall–Kier alpha value is -4.19. The number of aromatic nitrogens is 4. The lowest BCUT2D eigenvalue weighted by Gasteiger charge is -2.18. The summed E-state index contributed by atoms with van der Waals surface area (Å²) in [7, 11) is 0. The molecular weight excluding hydrogens is 498 g/mol. The first-order valence-corrected chi connectivity index (χ1v) is 13.4. The van der Waals surface area contributed by atoms with Gasteiger partial charge in [-0.1, -0.05) is 25.7 Å². The molecule has 12 nitrogen and oxygen atoms in total. The van der Waals surface area contributed by atoms with Gasteiger partial charge in [0.15, 0.2) is 5.65 Å². The Balaban J connectivity index is 1.35. The molecule has 4 rings (SSSR count). The molecule has 1 aliphatic carbocycles. The Labute approximate surface area is 227 Å². The Morgan fingerprint density at radius 2 is 1.92 bits per heavy atom. The quantitative estimate of drug-likeness (QED) is 0.129. The highest BCUT2D eigenvalue weighted by Crippen LogP contribution is 2.37. The summed E-state index contributed by atoms with van der Waals surface area (Å²) in [5, 5.41) is 20.4. The standard InChI is InChI=1S/C27H37N9O3/c1-18-14-20(15-31-25(18)21(28)17-35(29)13-7-3-2-4-10-24(37)38)33-27(39)34-22-16-30-23-11-12-32-36(23)26(22)19-8-5-6-9-19/h11-12,14-17,19H,2-10,13,28-29H2,1H3,(H,37,38)(H2,33,34,39)/b21-17-. The molecular formula is C27H37N9O3. The van der Waals surface area contributed by atoms with Crippen LogP contribution in [0.5, 0.6) is 0 Å². The van der Waals surface area contributed by atoms with Crippen LogP contribution in [-0.4, -0.2) is 48.2 Å². The first-order valence-electron chi connectivity index (χ1n) is 13.4. The Morgan fingerprint density at radius 1 is 1.15 bits per heavy atom. The van der Waals surface area contributed by atoms with Crippen molar-refractivity contribution in [3.63, 3.8) is 0 Å². The second kappa shape index (κ2) is 13.1. The van der Waals surface area contributed by atoms with Crippen LogP contribution < -0.4 is 22.2 Å². The van der Waals surface area contributed by atoms with Crippen LogP contribution in [0.15, 0.2) is 36.9 Å². The van der Waals surface area contributed by atoms with Crippen molar-refractivity contribution in [3.8, 4) is 0 Å². The molecule has 1 fully saturated rings. The number of anilines is 2. The molecule has 0 atom stereocenters. The van der Waals surface area contributed by atoms with Crippen LogP contribution in [0.2, 0.25) is 0 Å². The molecule has 0 unspecified atom stereocenters. The van der Waals surface area contributed by atoms with Gasteiger partial charge in [-0.3, -0.25) is 9.78 Å². The van der Waals surface area contributed by atoms with Gasteiger partial charge in [-0.15, -0.1) is 0 Å². The van der Waals surface area contributed by atoms with Crippen molar-refractivity contribution in [2.24, 2.45) is 11.6 Å². The molecule has 3 aromatic rings. The summed E-state index contributed by atoms with van der Waals surface area (Å²) in [6, 6.07) is 3.27. The number of hydrazine groups is 1. The number of nitrogens with zero attached hydrogens (tertiary/aromatic N) is 5. The first kappa shape index (κ1) is 27.8. The van der Waals surface area contributed by atoms with E-state index in [4.69, 9.17) is 16.7 Å². The predicted octanol–water partition coefficient (Wildman–Crippen LogP) is 4.20. The van der Waals surface area contributed by atoms with Crippen molar-refractivity contribution in [2.75, 3.05) is 17.2 Å². The van der Waals surface area contributed by atoms with Gasteiger partial charge in [-0.25, -0.2) is 20.1 Å². The lowest BCUT2D eigenvalue weighted by molar-refractivity contribution is -0.137. The van der Waals surface area contributed by atoms with Crippen LogP contribution >= 0.6 is 0 Å². The van der Waals surface area contributed by atoms with E-state index in [1.54, 1.807) is 30.9 Å². The number of unbranched alkanes of at least 4 members (excludes halogenated alkanes) is 3. The van der Waals surface area contributed by atoms with Crippen molar-refractivity contribution in [3.05, 3.63) is 53.9 Å². The third-order valence-corrected chi connectivity index (χ3v) is 6.91. The largest absolute Gasteiger partial charge is 0.481 e. The minimum Gasteiger partial charge on any atom is -0.481 e. The molecule has 12 heteroatoms. The van der Waals surface area contributed by atoms with Gasteiger partial charge in [0.2, 0.25) is 0 Å². The Morgan fingerprint density at radius 3 is 2.67 bits per heavy atom. The maximum atomic E-state index is 12.9. The molecule has 3 heterocycles. The minimum absolute atomic E-state index is 0.191. The van der Waals surface area contributed by atoms with Crippen molar-refractivity contribution < 1.29 is 14.7 Å². The summed E-state index contributed by atoms with van der Waals surface area (Å²) in [4.78, 5) is 32.4. The number of hydrogen-bond donors (Lipinski definition) is 5. The highest BCUT2D eigenvalue weighted by atomic mass is 16.4. The zero-order chi connectivity index (χ0) is 27.8. The molecule has 0 spiro atoms. The highest BCUT2D eigenvalue weighted by molar-refractivity contribution is 6.00. The number of carboxylic acids is 1. The fraction of sp³-hybridized carbons (Fsp3) is 0.444. The first-order chi connectivity index (χ1) is 18.8. The molecule has 0 aliphatic heterocycles. The summed E-state index contributed by atoms with van der Waals surface area (Å²) in [6.07, 6.45) is 14.5. The summed E-state index contributed by atoms with van der Waals surface area (Å²) < 4.78 is 1.82. The topological polar surface area (TPSA) is 177 Å². The lowest BCUT2D eigenvalue weighted by Crippen LogP contribution is -2.27. The van der Waals surface area contributed by atoms with Crippen LogP contribution in [0.4, 0.5) is 16.2 Å². The number of aliphatic carboxylic acids is 1. The maximum Gasteiger partial charge on any atom is 0.323 e. The van der Waals surface area contributed by atoms with E-state index >= 15 is 0 Å². The van der Waals surface area contributed by atoms with Gasteiger partial charge >= 0.3 is 12.0 Å². The number of carbonyl (C=O) groups is 2. The number of amides is 2. The molecule has 0 saturated heterocycles. The van der Waals surface area contributed by atoms with E-state index in [2.05, 4.69) is 25.7 Å². The van der Waals surface area contributed by atoms with Crippen molar-refractivity contribution >= 4 is 34.7 Å². The molecule has 39 heavy (non-hydrogen) atoms. The number of nitrogens with two attached hydrogens (primary N) is 2. The minimum atomic E-state index is -0.770. The summed E-state index contributed by atoms with van der Waals surface area (Å²) in [5.41, 5.74) is 10.9. The molecule has 7 N–H and O–H groups in total. The molecule has 0 aromatic carbocycles. The van der Waals surface area contributed by atoms with E-state index in [0.29, 0.717) is 41.6 Å². The van der Waals surface area contributed by atoms with Crippen LogP contribution in [0, 0.1) is 6.92 Å². The zero-order valence-corrected chi connectivity index (χ0v) is 22.3. The third-order valence-electron chi connectivity index (χ3n) is 6.91. The molecule has 0 bridgehead atoms. The molecule has 208 valence electrons. The number of nitrogens with one attached hydrogen (secondary N) is 2. The van der Waals surface area contributed by atoms with Gasteiger partial charge in [0.1, 0.15) is 0 Å². The van der Waals surface area contributed by atoms with Gasteiger partial charge in [0.25, 0.3) is 0 Å². The average molecular weight is 536 g/mol. The van der Waals surface area contributed by atoms with Crippen LogP contribution in [-0.2, 0) is 4.79 Å². The van der Waals surface area contributed by atoms with Crippen molar-refractivity contribution in [2.45, 2.75) is 70.6 Å². The Bertz CT molecular complexity index is 1330. The predicted molar refractivity (Wildman–Crippen MR) is 150 cm³/mol. The SMILES string of the molecule is Cc1cc(NC(=O)Nc2cnc3ccnn3c2C2CCCC2)cnc1/C(N)=C/N(N)CCCCCCC(=O)O. The summed E-state index contributed by atoms with van der Waals surface area (Å²) in [6.45, 7) is 2.46. The number of fused-ring (bicyclic) bond motifs is 1. The van der Waals surface area contributed by atoms with Gasteiger partial charge in [-0.2, -0.15) is 5.10 Å². The molecule has 3 aromatic heterocycles. The van der Waals surface area contributed by atoms with Crippen molar-refractivity contribution in [1.82, 2.24) is 24.6 Å². The van der Waals surface area contributed by atoms with Gasteiger partial charge in [-0.05, 0) is 44.2 Å². The number of rotatable bonds is 12. The van der Waals surface area contributed by atoms with E-state index in [9.17, 15) is 9.59 Å². The normalized spacial score (nSPS) is 14.1. The monoisotopic (exact) mass is 535 g/mol. The molecule has 0 radical (unpaired) electrons. The van der Waals surface area contributed by atoms with Gasteiger partial charge < -0.3 is 26.5 Å². The number of hydrogen-bond acceptors (Lipinski definition) is 8. The van der Waals surface area contributed by atoms with Crippen LogP contribution in [0.3, 0.4) is 0 Å². The number of carbonyl (C=O) groups excluding carboxylic acids is 1. The number of urea groups is 1. The number of aryl methyl sites for hydroxylation is 1. The number of carboxylic acid groups (broad SMARTS) is 1. The van der Waals surface area contributed by atoms with Gasteiger partial charge in [0, 0.05) is 31.1 Å². The zero-order valence-electron chi connectivity index (χ0n) is 22.3. The molecule has 1 aliphatic rings. The molecule has 1 saturated carbocycles. The lowest BCUT2D eigenvalue weighted by atomic mass is 10.0. The second-order valence-corrected chi connectivity index (χ2v) is 9.99. The van der Waals surface area contributed by atoms with Crippen molar-refractivity contribution in [1.29, 1.82) is 0 Å². The summed E-state index contributed by atoms with van der Waals surface area (Å²) in [5.74, 6) is 5.61. The highest BCUT2D eigenvalue weighted by Gasteiger charge is 2.24. The van der Waals surface area contributed by atoms with E-state index in [0.717, 1.165) is 61.9 Å². The second-order valence-electron chi connectivity index (χ2n) is 9.99. The summed E-state index contributed by atoms with van der Waals surface area (Å²) >= 11 is 0. The molecule has 2 amide bonds. The van der Waals surface area contributed by atoms with Gasteiger partial charge in [0.05, 0.1) is 47.1 Å². The van der Waals surface area contributed by atoms with Crippen LogP contribution in [0.25, 0.3) is 11.3 Å². The third kappa shape index (κ3) is 7.44. The maximum absolute atomic E-state index is 12.9. The number of pyridine rings is 1. The van der Waals surface area contributed by atoms with E-state index in [1.165, 1.54) is 5.01 Å². The van der Waals surface area contributed by atoms with E-state index in [-0.39, 0.29) is 6.42 Å². The fourth-order valence-corrected chi connectivity index (χ4v) is 5.04. The van der Waals surface area contributed by atoms with E-state index in [1.807, 2.05) is 17.5 Å². The smallest absolute Gasteiger partial charge is 0.323 e. The Kier molecular flexibility index (Phi) is 9.31. The fourth-order valence-electron chi connectivity index (χ4n) is 5.04. The average Bonchev–Trinajstić information content (AvgIpc) is 3.58. The van der Waals surface area contributed by atoms with E-state index < -0.39 is 12.0 Å².